The minimum atomic E-state index is 0.0141. The monoisotopic (exact) mass is 379 g/mol. The average molecular weight is 380 g/mol. The Labute approximate surface area is 142 Å². The van der Waals surface area contributed by atoms with E-state index in [1.807, 2.05) is 30.3 Å². The molecule has 1 amide bonds. The van der Waals surface area contributed by atoms with Crippen molar-refractivity contribution in [3.8, 4) is 0 Å². The Morgan fingerprint density at radius 3 is 3.00 bits per heavy atom. The lowest BCUT2D eigenvalue weighted by molar-refractivity contribution is -0.116. The van der Waals surface area contributed by atoms with Gasteiger partial charge in [0.05, 0.1) is 3.79 Å². The summed E-state index contributed by atoms with van der Waals surface area (Å²) in [4.78, 5) is 13.5. The van der Waals surface area contributed by atoms with Crippen molar-refractivity contribution in [1.29, 1.82) is 0 Å². The zero-order valence-corrected chi connectivity index (χ0v) is 14.5. The molecule has 0 fully saturated rings. The van der Waals surface area contributed by atoms with Gasteiger partial charge in [0.1, 0.15) is 0 Å². The van der Waals surface area contributed by atoms with E-state index in [0.29, 0.717) is 13.0 Å². The van der Waals surface area contributed by atoms with Crippen LogP contribution in [0.2, 0.25) is 0 Å². The number of carbonyl (C=O) groups excluding carboxylic acids is 1. The van der Waals surface area contributed by atoms with E-state index in [0.717, 1.165) is 33.0 Å². The van der Waals surface area contributed by atoms with Gasteiger partial charge in [-0.1, -0.05) is 6.07 Å². The number of benzene rings is 1. The van der Waals surface area contributed by atoms with Crippen LogP contribution in [0.5, 0.6) is 0 Å². The smallest absolute Gasteiger partial charge is 0.225 e. The zero-order chi connectivity index (χ0) is 15.5. The van der Waals surface area contributed by atoms with E-state index in [9.17, 15) is 4.79 Å². The molecule has 0 radical (unpaired) electrons. The second-order valence-corrected chi connectivity index (χ2v) is 7.83. The Kier molecular flexibility index (Phi) is 4.81. The number of halogens is 1. The standard InChI is InChI=1S/C16H18BrN3OS/c17-15-5-4-14(22-15)10(9-18)8-16(21)20-13-3-1-2-12-11(13)6-7-19-12/h1-5,10,19H,6-9,18H2,(H,20,21). The molecule has 6 heteroatoms. The number of hydrogen-bond donors (Lipinski definition) is 3. The van der Waals surface area contributed by atoms with E-state index in [2.05, 4.69) is 26.6 Å². The molecular formula is C16H18BrN3OS. The van der Waals surface area contributed by atoms with E-state index < -0.39 is 0 Å². The van der Waals surface area contributed by atoms with E-state index in [4.69, 9.17) is 5.73 Å². The lowest BCUT2D eigenvalue weighted by atomic mass is 10.0. The highest BCUT2D eigenvalue weighted by Gasteiger charge is 2.19. The fourth-order valence-electron chi connectivity index (χ4n) is 2.73. The van der Waals surface area contributed by atoms with Crippen molar-refractivity contribution in [2.45, 2.75) is 18.8 Å². The molecule has 0 bridgehead atoms. The van der Waals surface area contributed by atoms with Crippen molar-refractivity contribution in [1.82, 2.24) is 0 Å². The predicted molar refractivity (Wildman–Crippen MR) is 95.7 cm³/mol. The molecule has 116 valence electrons. The van der Waals surface area contributed by atoms with Crippen molar-refractivity contribution >= 4 is 44.5 Å². The molecule has 22 heavy (non-hydrogen) atoms. The summed E-state index contributed by atoms with van der Waals surface area (Å²) in [6.07, 6.45) is 1.35. The van der Waals surface area contributed by atoms with E-state index >= 15 is 0 Å². The predicted octanol–water partition coefficient (Wildman–Crippen LogP) is 3.55. The number of rotatable bonds is 5. The van der Waals surface area contributed by atoms with Gasteiger partial charge in [0.2, 0.25) is 5.91 Å². The topological polar surface area (TPSA) is 67.2 Å². The van der Waals surface area contributed by atoms with Gasteiger partial charge in [-0.15, -0.1) is 11.3 Å². The van der Waals surface area contributed by atoms with Crippen LogP contribution >= 0.6 is 27.3 Å². The van der Waals surface area contributed by atoms with Gasteiger partial charge in [-0.05, 0) is 46.6 Å². The number of carbonyl (C=O) groups is 1. The molecule has 0 aliphatic carbocycles. The first-order valence-electron chi connectivity index (χ1n) is 7.28. The normalized spacial score (nSPS) is 14.3. The van der Waals surface area contributed by atoms with E-state index in [1.165, 1.54) is 5.56 Å². The van der Waals surface area contributed by atoms with E-state index in [-0.39, 0.29) is 11.8 Å². The van der Waals surface area contributed by atoms with Gasteiger partial charge in [-0.3, -0.25) is 4.79 Å². The number of hydrogen-bond acceptors (Lipinski definition) is 4. The molecule has 1 aliphatic rings. The highest BCUT2D eigenvalue weighted by atomic mass is 79.9. The molecule has 1 aliphatic heterocycles. The summed E-state index contributed by atoms with van der Waals surface area (Å²) < 4.78 is 1.06. The number of nitrogens with two attached hydrogens (primary N) is 1. The highest BCUT2D eigenvalue weighted by molar-refractivity contribution is 9.11. The molecule has 1 aromatic heterocycles. The van der Waals surface area contributed by atoms with Gasteiger partial charge in [0, 0.05) is 47.2 Å². The van der Waals surface area contributed by atoms with Crippen LogP contribution in [0, 0.1) is 0 Å². The zero-order valence-electron chi connectivity index (χ0n) is 12.1. The third-order valence-electron chi connectivity index (χ3n) is 3.85. The van der Waals surface area contributed by atoms with Crippen LogP contribution in [0.25, 0.3) is 0 Å². The van der Waals surface area contributed by atoms with Crippen molar-refractivity contribution in [3.63, 3.8) is 0 Å². The molecular weight excluding hydrogens is 362 g/mol. The van der Waals surface area contributed by atoms with Crippen LogP contribution in [-0.4, -0.2) is 19.0 Å². The Morgan fingerprint density at radius 2 is 2.27 bits per heavy atom. The molecule has 1 unspecified atom stereocenters. The molecule has 0 saturated carbocycles. The van der Waals surface area contributed by atoms with Gasteiger partial charge in [-0.25, -0.2) is 0 Å². The summed E-state index contributed by atoms with van der Waals surface area (Å²) in [7, 11) is 0. The molecule has 1 atom stereocenters. The molecule has 0 spiro atoms. The average Bonchev–Trinajstić information content (AvgIpc) is 3.14. The molecule has 3 rings (SSSR count). The number of anilines is 2. The summed E-state index contributed by atoms with van der Waals surface area (Å²) in [5.41, 5.74) is 9.07. The van der Waals surface area contributed by atoms with E-state index in [1.54, 1.807) is 11.3 Å². The van der Waals surface area contributed by atoms with Gasteiger partial charge in [0.25, 0.3) is 0 Å². The molecule has 4 N–H and O–H groups in total. The Hall–Kier alpha value is -1.37. The van der Waals surface area contributed by atoms with Crippen LogP contribution < -0.4 is 16.4 Å². The van der Waals surface area contributed by atoms with Crippen molar-refractivity contribution in [2.24, 2.45) is 5.73 Å². The third kappa shape index (κ3) is 3.34. The molecule has 2 aromatic rings. The first-order chi connectivity index (χ1) is 10.7. The van der Waals surface area contributed by atoms with Crippen molar-refractivity contribution in [2.75, 3.05) is 23.7 Å². The Bertz CT molecular complexity index is 686. The molecule has 1 aromatic carbocycles. The highest BCUT2D eigenvalue weighted by Crippen LogP contribution is 2.32. The molecule has 0 saturated heterocycles. The minimum absolute atomic E-state index is 0.0141. The van der Waals surface area contributed by atoms with Gasteiger partial charge in [0.15, 0.2) is 0 Å². The van der Waals surface area contributed by atoms with Crippen LogP contribution in [0.3, 0.4) is 0 Å². The summed E-state index contributed by atoms with van der Waals surface area (Å²) >= 11 is 5.09. The quantitative estimate of drug-likeness (QED) is 0.743. The molecule has 4 nitrogen and oxygen atoms in total. The Morgan fingerprint density at radius 1 is 1.41 bits per heavy atom. The minimum Gasteiger partial charge on any atom is -0.384 e. The largest absolute Gasteiger partial charge is 0.384 e. The van der Waals surface area contributed by atoms with Gasteiger partial charge >= 0.3 is 0 Å². The summed E-state index contributed by atoms with van der Waals surface area (Å²) in [6, 6.07) is 10.00. The van der Waals surface area contributed by atoms with Crippen molar-refractivity contribution < 1.29 is 4.79 Å². The molecule has 2 heterocycles. The lowest BCUT2D eigenvalue weighted by Crippen LogP contribution is -2.20. The van der Waals surface area contributed by atoms with Crippen LogP contribution in [0.4, 0.5) is 11.4 Å². The maximum Gasteiger partial charge on any atom is 0.225 e. The summed E-state index contributed by atoms with van der Waals surface area (Å²) in [5.74, 6) is 0.0754. The van der Waals surface area contributed by atoms with Crippen LogP contribution in [0.1, 0.15) is 22.8 Å². The fourth-order valence-corrected chi connectivity index (χ4v) is 4.27. The number of thiophene rings is 1. The second-order valence-electron chi connectivity index (χ2n) is 5.34. The lowest BCUT2D eigenvalue weighted by Gasteiger charge is -2.14. The first kappa shape index (κ1) is 15.5. The van der Waals surface area contributed by atoms with Gasteiger partial charge in [-0.2, -0.15) is 0 Å². The second kappa shape index (κ2) is 6.81. The maximum atomic E-state index is 12.4. The fraction of sp³-hybridized carbons (Fsp3) is 0.312. The van der Waals surface area contributed by atoms with Crippen LogP contribution in [0.15, 0.2) is 34.1 Å². The van der Waals surface area contributed by atoms with Crippen LogP contribution in [-0.2, 0) is 11.2 Å². The Balaban J connectivity index is 1.68. The van der Waals surface area contributed by atoms with Crippen molar-refractivity contribution in [3.05, 3.63) is 44.6 Å². The third-order valence-corrected chi connectivity index (χ3v) is 5.64. The number of nitrogens with one attached hydrogen (secondary N) is 2. The summed E-state index contributed by atoms with van der Waals surface area (Å²) in [5, 5.41) is 6.36. The van der Waals surface area contributed by atoms with Gasteiger partial charge < -0.3 is 16.4 Å². The maximum absolute atomic E-state index is 12.4. The number of fused-ring (bicyclic) bond motifs is 1. The SMILES string of the molecule is NCC(CC(=O)Nc1cccc2c1CCN2)c1ccc(Br)s1. The number of amides is 1. The first-order valence-corrected chi connectivity index (χ1v) is 8.89. The summed E-state index contributed by atoms with van der Waals surface area (Å²) in [6.45, 7) is 1.39.